The monoisotopic (exact) mass is 205 g/mol. The van der Waals surface area contributed by atoms with Crippen molar-refractivity contribution in [1.29, 1.82) is 0 Å². The predicted octanol–water partition coefficient (Wildman–Crippen LogP) is 1.85. The Balaban J connectivity index is 2.24. The van der Waals surface area contributed by atoms with Gasteiger partial charge < -0.3 is 10.8 Å². The third kappa shape index (κ3) is 1.88. The minimum atomic E-state index is -0.670. The molecule has 0 aliphatic heterocycles. The number of hydrogen-bond acceptors (Lipinski definition) is 3. The maximum atomic E-state index is 12.1. The number of phenols is 1. The third-order valence-corrected chi connectivity index (χ3v) is 3.08. The summed E-state index contributed by atoms with van der Waals surface area (Å²) in [6.45, 7) is 0. The van der Waals surface area contributed by atoms with Gasteiger partial charge in [-0.2, -0.15) is 0 Å². The van der Waals surface area contributed by atoms with Gasteiger partial charge in [-0.05, 0) is 37.1 Å². The van der Waals surface area contributed by atoms with Crippen molar-refractivity contribution in [2.24, 2.45) is 5.73 Å². The predicted molar refractivity (Wildman–Crippen MR) is 57.8 cm³/mol. The lowest BCUT2D eigenvalue weighted by atomic mass is 9.89. The number of rotatable bonds is 2. The van der Waals surface area contributed by atoms with Gasteiger partial charge in [0.05, 0.1) is 5.54 Å². The second-order valence-corrected chi connectivity index (χ2v) is 4.24. The number of carbonyl (C=O) groups is 1. The van der Waals surface area contributed by atoms with Crippen molar-refractivity contribution in [3.63, 3.8) is 0 Å². The first-order valence-electron chi connectivity index (χ1n) is 5.24. The summed E-state index contributed by atoms with van der Waals surface area (Å²) in [6, 6.07) is 6.30. The average molecular weight is 205 g/mol. The Morgan fingerprint density at radius 1 is 1.20 bits per heavy atom. The summed E-state index contributed by atoms with van der Waals surface area (Å²) in [5.74, 6) is 0.170. The van der Waals surface area contributed by atoms with Crippen LogP contribution in [0.4, 0.5) is 0 Å². The van der Waals surface area contributed by atoms with Crippen LogP contribution in [0.2, 0.25) is 0 Å². The van der Waals surface area contributed by atoms with Crippen LogP contribution in [0.5, 0.6) is 5.75 Å². The molecule has 3 N–H and O–H groups in total. The summed E-state index contributed by atoms with van der Waals surface area (Å²) in [6.07, 6.45) is 3.60. The minimum Gasteiger partial charge on any atom is -0.508 e. The molecule has 0 amide bonds. The molecular formula is C12H15NO2. The van der Waals surface area contributed by atoms with Gasteiger partial charge in [-0.3, -0.25) is 4.79 Å². The molecule has 2 rings (SSSR count). The van der Waals surface area contributed by atoms with E-state index in [0.717, 1.165) is 25.7 Å². The first kappa shape index (κ1) is 10.2. The Morgan fingerprint density at radius 2 is 1.73 bits per heavy atom. The first-order valence-corrected chi connectivity index (χ1v) is 5.24. The molecule has 0 aromatic heterocycles. The highest BCUT2D eigenvalue weighted by molar-refractivity contribution is 6.03. The lowest BCUT2D eigenvalue weighted by Gasteiger charge is -2.21. The molecule has 80 valence electrons. The van der Waals surface area contributed by atoms with Crippen molar-refractivity contribution in [3.05, 3.63) is 29.8 Å². The molecule has 1 aromatic carbocycles. The van der Waals surface area contributed by atoms with Gasteiger partial charge in [0.2, 0.25) is 0 Å². The first-order chi connectivity index (χ1) is 7.12. The summed E-state index contributed by atoms with van der Waals surface area (Å²) < 4.78 is 0. The van der Waals surface area contributed by atoms with Crippen LogP contribution in [0.3, 0.4) is 0 Å². The van der Waals surface area contributed by atoms with Crippen LogP contribution in [0.25, 0.3) is 0 Å². The Kier molecular flexibility index (Phi) is 2.49. The molecule has 3 nitrogen and oxygen atoms in total. The maximum absolute atomic E-state index is 12.1. The highest BCUT2D eigenvalue weighted by atomic mass is 16.3. The van der Waals surface area contributed by atoms with Crippen LogP contribution in [0, 0.1) is 0 Å². The second-order valence-electron chi connectivity index (χ2n) is 4.24. The normalized spacial score (nSPS) is 19.0. The molecule has 0 unspecified atom stereocenters. The minimum absolute atomic E-state index is 0.000000000000000666. The SMILES string of the molecule is NC1(C(=O)c2ccc(O)cc2)CCCC1. The summed E-state index contributed by atoms with van der Waals surface area (Å²) >= 11 is 0. The van der Waals surface area contributed by atoms with Gasteiger partial charge >= 0.3 is 0 Å². The number of ketones is 1. The molecule has 1 aliphatic rings. The van der Waals surface area contributed by atoms with E-state index in [1.165, 1.54) is 12.1 Å². The van der Waals surface area contributed by atoms with Crippen LogP contribution in [-0.4, -0.2) is 16.4 Å². The van der Waals surface area contributed by atoms with E-state index in [0.29, 0.717) is 5.56 Å². The molecule has 0 atom stereocenters. The third-order valence-electron chi connectivity index (χ3n) is 3.08. The van der Waals surface area contributed by atoms with E-state index in [2.05, 4.69) is 0 Å². The van der Waals surface area contributed by atoms with E-state index < -0.39 is 5.54 Å². The zero-order chi connectivity index (χ0) is 10.9. The molecule has 1 saturated carbocycles. The lowest BCUT2D eigenvalue weighted by Crippen LogP contribution is -2.45. The largest absolute Gasteiger partial charge is 0.508 e. The fourth-order valence-electron chi connectivity index (χ4n) is 2.13. The lowest BCUT2D eigenvalue weighted by molar-refractivity contribution is 0.0892. The fourth-order valence-corrected chi connectivity index (χ4v) is 2.13. The molecule has 0 bridgehead atoms. The molecule has 0 saturated heterocycles. The van der Waals surface area contributed by atoms with Crippen molar-refractivity contribution < 1.29 is 9.90 Å². The zero-order valence-corrected chi connectivity index (χ0v) is 8.57. The van der Waals surface area contributed by atoms with Crippen LogP contribution >= 0.6 is 0 Å². The molecule has 1 aromatic rings. The van der Waals surface area contributed by atoms with Crippen molar-refractivity contribution in [2.45, 2.75) is 31.2 Å². The topological polar surface area (TPSA) is 63.3 Å². The number of benzene rings is 1. The molecule has 3 heteroatoms. The van der Waals surface area contributed by atoms with Gasteiger partial charge in [0, 0.05) is 5.56 Å². The van der Waals surface area contributed by atoms with Crippen molar-refractivity contribution in [2.75, 3.05) is 0 Å². The van der Waals surface area contributed by atoms with E-state index in [4.69, 9.17) is 10.8 Å². The summed E-state index contributed by atoms with van der Waals surface area (Å²) in [4.78, 5) is 12.1. The molecule has 1 aliphatic carbocycles. The Bertz CT molecular complexity index is 364. The Labute approximate surface area is 88.9 Å². The smallest absolute Gasteiger partial charge is 0.182 e. The van der Waals surface area contributed by atoms with Crippen molar-refractivity contribution >= 4 is 5.78 Å². The summed E-state index contributed by atoms with van der Waals surface area (Å²) in [5, 5.41) is 9.13. The number of hydrogen-bond donors (Lipinski definition) is 2. The molecule has 15 heavy (non-hydrogen) atoms. The van der Waals surface area contributed by atoms with Gasteiger partial charge in [0.1, 0.15) is 5.75 Å². The number of nitrogens with two attached hydrogens (primary N) is 1. The molecule has 0 radical (unpaired) electrons. The molecular weight excluding hydrogens is 190 g/mol. The van der Waals surface area contributed by atoms with E-state index in [1.54, 1.807) is 12.1 Å². The van der Waals surface area contributed by atoms with Crippen molar-refractivity contribution in [3.8, 4) is 5.75 Å². The van der Waals surface area contributed by atoms with Gasteiger partial charge in [-0.1, -0.05) is 12.8 Å². The number of phenolic OH excluding ortho intramolecular Hbond substituents is 1. The number of Topliss-reactive ketones (excluding diaryl/α,β-unsaturated/α-hetero) is 1. The van der Waals surface area contributed by atoms with Crippen LogP contribution in [-0.2, 0) is 0 Å². The number of aromatic hydroxyl groups is 1. The van der Waals surface area contributed by atoms with E-state index in [-0.39, 0.29) is 11.5 Å². The molecule has 0 heterocycles. The van der Waals surface area contributed by atoms with E-state index in [1.807, 2.05) is 0 Å². The van der Waals surface area contributed by atoms with Crippen LogP contribution < -0.4 is 5.73 Å². The van der Waals surface area contributed by atoms with Gasteiger partial charge in [-0.15, -0.1) is 0 Å². The van der Waals surface area contributed by atoms with Crippen LogP contribution in [0.15, 0.2) is 24.3 Å². The Hall–Kier alpha value is -1.35. The van der Waals surface area contributed by atoms with E-state index >= 15 is 0 Å². The highest BCUT2D eigenvalue weighted by Gasteiger charge is 2.37. The number of carbonyl (C=O) groups excluding carboxylic acids is 1. The highest BCUT2D eigenvalue weighted by Crippen LogP contribution is 2.30. The average Bonchev–Trinajstić information content (AvgIpc) is 2.67. The summed E-state index contributed by atoms with van der Waals surface area (Å²) in [7, 11) is 0. The van der Waals surface area contributed by atoms with Crippen LogP contribution in [0.1, 0.15) is 36.0 Å². The second kappa shape index (κ2) is 3.66. The standard InChI is InChI=1S/C12H15NO2/c13-12(7-1-2-8-12)11(15)9-3-5-10(14)6-4-9/h3-6,14H,1-2,7-8,13H2. The quantitative estimate of drug-likeness (QED) is 0.724. The fraction of sp³-hybridized carbons (Fsp3) is 0.417. The van der Waals surface area contributed by atoms with Crippen molar-refractivity contribution in [1.82, 2.24) is 0 Å². The Morgan fingerprint density at radius 3 is 2.27 bits per heavy atom. The molecule has 0 spiro atoms. The van der Waals surface area contributed by atoms with Gasteiger partial charge in [0.25, 0.3) is 0 Å². The molecule has 1 fully saturated rings. The van der Waals surface area contributed by atoms with Gasteiger partial charge in [-0.25, -0.2) is 0 Å². The maximum Gasteiger partial charge on any atom is 0.182 e. The van der Waals surface area contributed by atoms with E-state index in [9.17, 15) is 4.79 Å². The summed E-state index contributed by atoms with van der Waals surface area (Å²) in [5.41, 5.74) is 5.99. The van der Waals surface area contributed by atoms with Gasteiger partial charge in [0.15, 0.2) is 5.78 Å². The zero-order valence-electron chi connectivity index (χ0n) is 8.57.